The van der Waals surface area contributed by atoms with Gasteiger partial charge in [-0.05, 0) is 17.7 Å². The van der Waals surface area contributed by atoms with Gasteiger partial charge < -0.3 is 4.74 Å². The molecule has 0 N–H and O–H groups in total. The van der Waals surface area contributed by atoms with Crippen LogP contribution in [-0.2, 0) is 6.42 Å². The Balaban J connectivity index is 2.10. The van der Waals surface area contributed by atoms with E-state index in [1.165, 1.54) is 5.56 Å². The number of nitrogens with zero attached hydrogens (tertiary/aromatic N) is 1. The predicted molar refractivity (Wildman–Crippen MR) is 83.1 cm³/mol. The highest BCUT2D eigenvalue weighted by atomic mass is 35.5. The molecule has 0 spiro atoms. The minimum atomic E-state index is 0.645. The van der Waals surface area contributed by atoms with Gasteiger partial charge >= 0.3 is 0 Å². The zero-order valence-electron chi connectivity index (χ0n) is 11.1. The van der Waals surface area contributed by atoms with Crippen molar-refractivity contribution < 1.29 is 9.31 Å². The van der Waals surface area contributed by atoms with Crippen molar-refractivity contribution in [3.8, 4) is 5.75 Å². The fraction of sp³-hybridized carbons (Fsp3) is 0.188. The Morgan fingerprint density at radius 3 is 2.55 bits per heavy atom. The van der Waals surface area contributed by atoms with Gasteiger partial charge in [-0.25, -0.2) is 0 Å². The molecule has 0 amide bonds. The molecule has 0 saturated carbocycles. The summed E-state index contributed by atoms with van der Waals surface area (Å²) in [4.78, 5) is 0. The minimum Gasteiger partial charge on any atom is -0.496 e. The summed E-state index contributed by atoms with van der Waals surface area (Å²) in [7, 11) is 1.69. The molecule has 2 aromatic carbocycles. The average Bonchev–Trinajstić information content (AvgIpc) is 2.45. The molecule has 0 bridgehead atoms. The third-order valence-corrected chi connectivity index (χ3v) is 3.90. The van der Waals surface area contributed by atoms with Gasteiger partial charge in [-0.1, -0.05) is 35.3 Å². The molecule has 0 aliphatic carbocycles. The van der Waals surface area contributed by atoms with E-state index in [1.54, 1.807) is 13.2 Å². The summed E-state index contributed by atoms with van der Waals surface area (Å²) >= 11 is 12.2. The van der Waals surface area contributed by atoms with Gasteiger partial charge in [0, 0.05) is 28.6 Å². The van der Waals surface area contributed by atoms with Gasteiger partial charge in [0.05, 0.1) is 12.7 Å². The van der Waals surface area contributed by atoms with Gasteiger partial charge in [0.2, 0.25) is 5.69 Å². The molecule has 0 aromatic heterocycles. The minimum absolute atomic E-state index is 0.645. The van der Waals surface area contributed by atoms with Crippen molar-refractivity contribution in [3.05, 3.63) is 57.6 Å². The molecule has 0 unspecified atom stereocenters. The van der Waals surface area contributed by atoms with E-state index in [0.717, 1.165) is 30.0 Å². The molecule has 0 radical (unpaired) electrons. The van der Waals surface area contributed by atoms with Crippen LogP contribution >= 0.6 is 23.2 Å². The van der Waals surface area contributed by atoms with Gasteiger partial charge in [-0.15, -0.1) is 0 Å². The Kier molecular flexibility index (Phi) is 3.68. The lowest BCUT2D eigenvalue weighted by molar-refractivity contribution is -0.436. The Morgan fingerprint density at radius 2 is 1.85 bits per heavy atom. The first-order valence-electron chi connectivity index (χ1n) is 6.41. The van der Waals surface area contributed by atoms with Gasteiger partial charge in [-0.3, -0.25) is 0 Å². The molecule has 2 aromatic rings. The summed E-state index contributed by atoms with van der Waals surface area (Å²) in [5.41, 5.74) is 3.42. The van der Waals surface area contributed by atoms with Crippen molar-refractivity contribution in [2.24, 2.45) is 0 Å². The van der Waals surface area contributed by atoms with E-state index in [4.69, 9.17) is 27.9 Å². The van der Waals surface area contributed by atoms with E-state index in [2.05, 4.69) is 16.9 Å². The molecule has 0 saturated heterocycles. The van der Waals surface area contributed by atoms with Crippen LogP contribution in [0.15, 0.2) is 36.4 Å². The number of hydrogen-bond donors (Lipinski definition) is 0. The summed E-state index contributed by atoms with van der Waals surface area (Å²) < 4.78 is 7.59. The van der Waals surface area contributed by atoms with Crippen LogP contribution in [0.3, 0.4) is 0 Å². The molecule has 1 heterocycles. The molecule has 4 heteroatoms. The number of methoxy groups -OCH3 is 1. The van der Waals surface area contributed by atoms with Crippen LogP contribution in [0.2, 0.25) is 10.0 Å². The van der Waals surface area contributed by atoms with Crippen LogP contribution in [0.1, 0.15) is 11.1 Å². The molecular formula is C16H14Cl2NO+. The topological polar surface area (TPSA) is 12.2 Å². The van der Waals surface area contributed by atoms with Crippen molar-refractivity contribution in [1.82, 2.24) is 0 Å². The van der Waals surface area contributed by atoms with E-state index < -0.39 is 0 Å². The first-order chi connectivity index (χ1) is 9.67. The van der Waals surface area contributed by atoms with E-state index in [1.807, 2.05) is 24.3 Å². The molecule has 1 aliphatic rings. The highest BCUT2D eigenvalue weighted by Crippen LogP contribution is 2.28. The smallest absolute Gasteiger partial charge is 0.208 e. The molecule has 0 fully saturated rings. The monoisotopic (exact) mass is 306 g/mol. The highest BCUT2D eigenvalue weighted by molar-refractivity contribution is 6.34. The van der Waals surface area contributed by atoms with Crippen molar-refractivity contribution in [2.45, 2.75) is 6.42 Å². The molecule has 2 nitrogen and oxygen atoms in total. The largest absolute Gasteiger partial charge is 0.496 e. The SMILES string of the molecule is COc1cccc2c1C=[N+](c1cc(Cl)cc(Cl)c1)CC2. The number of halogens is 2. The first-order valence-corrected chi connectivity index (χ1v) is 7.16. The van der Waals surface area contributed by atoms with Crippen molar-refractivity contribution in [3.63, 3.8) is 0 Å². The van der Waals surface area contributed by atoms with Gasteiger partial charge in [0.15, 0.2) is 12.8 Å². The van der Waals surface area contributed by atoms with Crippen LogP contribution in [-0.4, -0.2) is 24.4 Å². The van der Waals surface area contributed by atoms with Crippen molar-refractivity contribution >= 4 is 35.1 Å². The average molecular weight is 307 g/mol. The maximum absolute atomic E-state index is 6.08. The lowest BCUT2D eigenvalue weighted by Crippen LogP contribution is -2.19. The van der Waals surface area contributed by atoms with Crippen LogP contribution in [0.5, 0.6) is 5.75 Å². The Bertz CT molecular complexity index is 675. The van der Waals surface area contributed by atoms with Crippen LogP contribution in [0.4, 0.5) is 5.69 Å². The molecule has 0 atom stereocenters. The quantitative estimate of drug-likeness (QED) is 0.753. The first kappa shape index (κ1) is 13.5. The van der Waals surface area contributed by atoms with E-state index >= 15 is 0 Å². The summed E-state index contributed by atoms with van der Waals surface area (Å²) in [5, 5.41) is 1.29. The summed E-state index contributed by atoms with van der Waals surface area (Å²) in [5.74, 6) is 0.889. The zero-order chi connectivity index (χ0) is 14.1. The summed E-state index contributed by atoms with van der Waals surface area (Å²) in [6.45, 7) is 0.900. The zero-order valence-corrected chi connectivity index (χ0v) is 12.6. The standard InChI is InChI=1S/C16H14Cl2NO/c1-20-16-4-2-3-11-5-6-19(10-15(11)16)14-8-12(17)7-13(18)9-14/h2-4,7-10H,5-6H2,1H3/q+1. The lowest BCUT2D eigenvalue weighted by Gasteiger charge is -2.14. The van der Waals surface area contributed by atoms with Crippen molar-refractivity contribution in [2.75, 3.05) is 13.7 Å². The fourth-order valence-electron chi connectivity index (χ4n) is 2.50. The third kappa shape index (κ3) is 2.54. The normalized spacial score (nSPS) is 13.7. The van der Waals surface area contributed by atoms with Gasteiger partial charge in [0.1, 0.15) is 5.75 Å². The number of fused-ring (bicyclic) bond motifs is 1. The molecule has 3 rings (SSSR count). The number of ether oxygens (including phenoxy) is 1. The fourth-order valence-corrected chi connectivity index (χ4v) is 3.02. The maximum Gasteiger partial charge on any atom is 0.208 e. The predicted octanol–water partition coefficient (Wildman–Crippen LogP) is 4.32. The Hall–Kier alpha value is -1.51. The van der Waals surface area contributed by atoms with E-state index in [0.29, 0.717) is 10.0 Å². The van der Waals surface area contributed by atoms with Crippen LogP contribution in [0, 0.1) is 0 Å². The second kappa shape index (κ2) is 5.47. The van der Waals surface area contributed by atoms with Crippen LogP contribution < -0.4 is 4.74 Å². The molecule has 20 heavy (non-hydrogen) atoms. The van der Waals surface area contributed by atoms with Gasteiger partial charge in [-0.2, -0.15) is 4.58 Å². The maximum atomic E-state index is 6.08. The summed E-state index contributed by atoms with van der Waals surface area (Å²) in [6.07, 6.45) is 3.06. The van der Waals surface area contributed by atoms with Gasteiger partial charge in [0.25, 0.3) is 0 Å². The number of hydrogen-bond acceptors (Lipinski definition) is 1. The summed E-state index contributed by atoms with van der Waals surface area (Å²) in [6, 6.07) is 11.7. The van der Waals surface area contributed by atoms with E-state index in [9.17, 15) is 0 Å². The highest BCUT2D eigenvalue weighted by Gasteiger charge is 2.21. The molecule has 1 aliphatic heterocycles. The number of benzene rings is 2. The molecular weight excluding hydrogens is 293 g/mol. The second-order valence-electron chi connectivity index (χ2n) is 4.73. The number of rotatable bonds is 2. The Labute approximate surface area is 128 Å². The third-order valence-electron chi connectivity index (χ3n) is 3.46. The van der Waals surface area contributed by atoms with Crippen molar-refractivity contribution in [1.29, 1.82) is 0 Å². The Morgan fingerprint density at radius 1 is 1.10 bits per heavy atom. The van der Waals surface area contributed by atoms with E-state index in [-0.39, 0.29) is 0 Å². The molecule has 102 valence electrons. The lowest BCUT2D eigenvalue weighted by atomic mass is 10.0. The second-order valence-corrected chi connectivity index (χ2v) is 5.61. The van der Waals surface area contributed by atoms with Crippen LogP contribution in [0.25, 0.3) is 0 Å².